The number of aryl methyl sites for hydroxylation is 1. The largest absolute Gasteiger partial charge is 0.383 e. The Balaban J connectivity index is 1.76. The lowest BCUT2D eigenvalue weighted by Gasteiger charge is -2.39. The van der Waals surface area contributed by atoms with Crippen molar-refractivity contribution >= 4 is 11.4 Å². The van der Waals surface area contributed by atoms with Crippen LogP contribution >= 0.6 is 0 Å². The molecule has 1 N–H and O–H groups in total. The van der Waals surface area contributed by atoms with Gasteiger partial charge in [0.2, 0.25) is 0 Å². The molecule has 2 heterocycles. The van der Waals surface area contributed by atoms with Crippen LogP contribution in [0.25, 0.3) is 0 Å². The fourth-order valence-corrected chi connectivity index (χ4v) is 3.60. The number of nitrogens with one attached hydrogen (secondary N) is 1. The van der Waals surface area contributed by atoms with Crippen molar-refractivity contribution in [1.29, 1.82) is 0 Å². The molecule has 0 aromatic heterocycles. The zero-order chi connectivity index (χ0) is 13.9. The minimum Gasteiger partial charge on any atom is -0.383 e. The summed E-state index contributed by atoms with van der Waals surface area (Å²) in [7, 11) is 2.28. The summed E-state index contributed by atoms with van der Waals surface area (Å²) >= 11 is 0. The molecule has 0 spiro atoms. The topological polar surface area (TPSA) is 18.5 Å². The summed E-state index contributed by atoms with van der Waals surface area (Å²) in [5.41, 5.74) is 4.28. The fourth-order valence-electron chi connectivity index (χ4n) is 3.60. The number of nitrogens with zero attached hydrogens (tertiary/aromatic N) is 2. The molecule has 1 aromatic rings. The normalized spacial score (nSPS) is 20.3. The smallest absolute Gasteiger partial charge is 0.0610 e. The van der Waals surface area contributed by atoms with Gasteiger partial charge in [-0.2, -0.15) is 0 Å². The number of anilines is 2. The van der Waals surface area contributed by atoms with E-state index in [0.717, 1.165) is 6.54 Å². The van der Waals surface area contributed by atoms with Crippen LogP contribution in [0.2, 0.25) is 0 Å². The summed E-state index contributed by atoms with van der Waals surface area (Å²) in [6.45, 7) is 7.06. The summed E-state index contributed by atoms with van der Waals surface area (Å²) < 4.78 is 0. The van der Waals surface area contributed by atoms with Gasteiger partial charge in [0, 0.05) is 32.7 Å². The van der Waals surface area contributed by atoms with Crippen molar-refractivity contribution in [1.82, 2.24) is 4.90 Å². The highest BCUT2D eigenvalue weighted by atomic mass is 15.2. The minimum atomic E-state index is 0.688. The van der Waals surface area contributed by atoms with E-state index in [4.69, 9.17) is 0 Å². The summed E-state index contributed by atoms with van der Waals surface area (Å²) in [6, 6.07) is 7.47. The SMILES string of the molecule is CCN1CCC(N(C)c2cccc3c2NCCC3)CC1. The molecule has 3 heteroatoms. The van der Waals surface area contributed by atoms with E-state index in [2.05, 4.69) is 47.3 Å². The predicted molar refractivity (Wildman–Crippen MR) is 86.8 cm³/mol. The molecule has 1 fully saturated rings. The van der Waals surface area contributed by atoms with Gasteiger partial charge in [-0.25, -0.2) is 0 Å². The van der Waals surface area contributed by atoms with Crippen LogP contribution < -0.4 is 10.2 Å². The van der Waals surface area contributed by atoms with Gasteiger partial charge in [0.15, 0.2) is 0 Å². The Morgan fingerprint density at radius 3 is 2.85 bits per heavy atom. The third-order valence-electron chi connectivity index (χ3n) is 4.99. The van der Waals surface area contributed by atoms with Crippen LogP contribution in [0.5, 0.6) is 0 Å². The highest BCUT2D eigenvalue weighted by Gasteiger charge is 2.24. The van der Waals surface area contributed by atoms with Crippen molar-refractivity contribution in [3.8, 4) is 0 Å². The van der Waals surface area contributed by atoms with E-state index in [1.165, 1.54) is 62.3 Å². The van der Waals surface area contributed by atoms with Gasteiger partial charge in [0.25, 0.3) is 0 Å². The highest BCUT2D eigenvalue weighted by Crippen LogP contribution is 2.34. The monoisotopic (exact) mass is 273 g/mol. The highest BCUT2D eigenvalue weighted by molar-refractivity contribution is 5.74. The number of rotatable bonds is 3. The summed E-state index contributed by atoms with van der Waals surface area (Å²) in [6.07, 6.45) is 5.05. The maximum Gasteiger partial charge on any atom is 0.0610 e. The number of fused-ring (bicyclic) bond motifs is 1. The van der Waals surface area contributed by atoms with Gasteiger partial charge >= 0.3 is 0 Å². The molecule has 0 bridgehead atoms. The molecular formula is C17H27N3. The Labute approximate surface area is 123 Å². The molecule has 0 unspecified atom stereocenters. The first kappa shape index (κ1) is 13.7. The summed E-state index contributed by atoms with van der Waals surface area (Å²) in [4.78, 5) is 5.08. The first-order valence-electron chi connectivity index (χ1n) is 8.10. The van der Waals surface area contributed by atoms with Gasteiger partial charge in [-0.1, -0.05) is 19.1 Å². The van der Waals surface area contributed by atoms with E-state index in [1.807, 2.05) is 0 Å². The van der Waals surface area contributed by atoms with Crippen LogP contribution in [-0.4, -0.2) is 44.2 Å². The van der Waals surface area contributed by atoms with Crippen LogP contribution in [0, 0.1) is 0 Å². The Morgan fingerprint density at radius 2 is 2.10 bits per heavy atom. The van der Waals surface area contributed by atoms with Gasteiger partial charge in [-0.15, -0.1) is 0 Å². The molecule has 0 amide bonds. The van der Waals surface area contributed by atoms with Gasteiger partial charge < -0.3 is 15.1 Å². The van der Waals surface area contributed by atoms with E-state index in [0.29, 0.717) is 6.04 Å². The Morgan fingerprint density at radius 1 is 1.30 bits per heavy atom. The molecule has 0 atom stereocenters. The lowest BCUT2D eigenvalue weighted by Crippen LogP contribution is -2.43. The number of hydrogen-bond donors (Lipinski definition) is 1. The van der Waals surface area contributed by atoms with E-state index >= 15 is 0 Å². The van der Waals surface area contributed by atoms with Crippen LogP contribution in [-0.2, 0) is 6.42 Å². The second-order valence-corrected chi connectivity index (χ2v) is 6.12. The zero-order valence-corrected chi connectivity index (χ0v) is 12.9. The van der Waals surface area contributed by atoms with E-state index < -0.39 is 0 Å². The number of para-hydroxylation sites is 1. The molecule has 1 aromatic carbocycles. The molecule has 110 valence electrons. The van der Waals surface area contributed by atoms with Crippen molar-refractivity contribution in [2.24, 2.45) is 0 Å². The van der Waals surface area contributed by atoms with Crippen molar-refractivity contribution in [3.05, 3.63) is 23.8 Å². The van der Waals surface area contributed by atoms with Crippen LogP contribution in [0.4, 0.5) is 11.4 Å². The van der Waals surface area contributed by atoms with Crippen molar-refractivity contribution < 1.29 is 0 Å². The molecule has 1 saturated heterocycles. The first-order valence-corrected chi connectivity index (χ1v) is 8.10. The van der Waals surface area contributed by atoms with Crippen molar-refractivity contribution in [2.75, 3.05) is 43.4 Å². The molecule has 3 nitrogen and oxygen atoms in total. The molecule has 0 saturated carbocycles. The van der Waals surface area contributed by atoms with Crippen LogP contribution in [0.15, 0.2) is 18.2 Å². The number of hydrogen-bond acceptors (Lipinski definition) is 3. The third-order valence-corrected chi connectivity index (χ3v) is 4.99. The lowest BCUT2D eigenvalue weighted by atomic mass is 9.99. The van der Waals surface area contributed by atoms with Crippen LogP contribution in [0.3, 0.4) is 0 Å². The molecule has 0 aliphatic carbocycles. The van der Waals surface area contributed by atoms with Crippen LogP contribution in [0.1, 0.15) is 31.7 Å². The molecule has 2 aliphatic rings. The van der Waals surface area contributed by atoms with Crippen molar-refractivity contribution in [3.63, 3.8) is 0 Å². The Hall–Kier alpha value is -1.22. The van der Waals surface area contributed by atoms with Gasteiger partial charge in [-0.3, -0.25) is 0 Å². The number of likely N-dealkylation sites (tertiary alicyclic amines) is 1. The standard InChI is InChI=1S/C17H27N3/c1-3-20-12-9-15(10-13-20)19(2)16-8-4-6-14-7-5-11-18-17(14)16/h4,6,8,15,18H,3,5,7,9-13H2,1-2H3. The second kappa shape index (κ2) is 6.04. The fraction of sp³-hybridized carbons (Fsp3) is 0.647. The Bertz CT molecular complexity index is 450. The number of piperidine rings is 1. The lowest BCUT2D eigenvalue weighted by molar-refractivity contribution is 0.221. The van der Waals surface area contributed by atoms with Gasteiger partial charge in [0.1, 0.15) is 0 Å². The minimum absolute atomic E-state index is 0.688. The zero-order valence-electron chi connectivity index (χ0n) is 12.9. The number of benzene rings is 1. The van der Waals surface area contributed by atoms with Crippen molar-refractivity contribution in [2.45, 2.75) is 38.6 Å². The molecular weight excluding hydrogens is 246 g/mol. The summed E-state index contributed by atoms with van der Waals surface area (Å²) in [5.74, 6) is 0. The molecule has 2 aliphatic heterocycles. The molecule has 20 heavy (non-hydrogen) atoms. The third kappa shape index (κ3) is 2.64. The quantitative estimate of drug-likeness (QED) is 0.913. The summed E-state index contributed by atoms with van der Waals surface area (Å²) in [5, 5.41) is 3.62. The second-order valence-electron chi connectivity index (χ2n) is 6.12. The predicted octanol–water partition coefficient (Wildman–Crippen LogP) is 2.97. The average molecular weight is 273 g/mol. The molecule has 3 rings (SSSR count). The first-order chi connectivity index (χ1) is 9.79. The van der Waals surface area contributed by atoms with Gasteiger partial charge in [-0.05, 0) is 43.9 Å². The maximum atomic E-state index is 3.62. The van der Waals surface area contributed by atoms with E-state index in [-0.39, 0.29) is 0 Å². The van der Waals surface area contributed by atoms with E-state index in [9.17, 15) is 0 Å². The Kier molecular flexibility index (Phi) is 4.16. The van der Waals surface area contributed by atoms with E-state index in [1.54, 1.807) is 0 Å². The van der Waals surface area contributed by atoms with Gasteiger partial charge in [0.05, 0.1) is 11.4 Å². The molecule has 0 radical (unpaired) electrons. The average Bonchev–Trinajstić information content (AvgIpc) is 2.54. The maximum absolute atomic E-state index is 3.62.